The monoisotopic (exact) mass is 367 g/mol. The van der Waals surface area contributed by atoms with Crippen LogP contribution in [0.2, 0.25) is 5.02 Å². The van der Waals surface area contributed by atoms with Crippen molar-refractivity contribution in [3.05, 3.63) is 59.3 Å². The van der Waals surface area contributed by atoms with Crippen molar-refractivity contribution >= 4 is 23.1 Å². The number of nitriles is 1. The number of aromatic nitrogens is 3. The van der Waals surface area contributed by atoms with Crippen LogP contribution in [0.5, 0.6) is 5.75 Å². The van der Waals surface area contributed by atoms with Gasteiger partial charge < -0.3 is 9.64 Å². The van der Waals surface area contributed by atoms with Gasteiger partial charge in [0.1, 0.15) is 18.5 Å². The van der Waals surface area contributed by atoms with Gasteiger partial charge in [0.25, 0.3) is 0 Å². The van der Waals surface area contributed by atoms with Gasteiger partial charge in [-0.2, -0.15) is 5.26 Å². The van der Waals surface area contributed by atoms with Gasteiger partial charge >= 0.3 is 0 Å². The zero-order chi connectivity index (χ0) is 18.1. The molecule has 26 heavy (non-hydrogen) atoms. The van der Waals surface area contributed by atoms with E-state index in [1.165, 1.54) is 30.6 Å². The summed E-state index contributed by atoms with van der Waals surface area (Å²) in [6.07, 6.45) is 4.59. The van der Waals surface area contributed by atoms with Gasteiger partial charge in [0.2, 0.25) is 0 Å². The Labute approximate surface area is 153 Å². The van der Waals surface area contributed by atoms with Gasteiger partial charge in [0, 0.05) is 17.4 Å². The molecule has 0 saturated carbocycles. The standard InChI is InChI=1S/C18H11ClFN5O/c19-12-1-2-14(20)13(7-12)17-23-10-16-18(24-17)25(5-6-26-16)15-3-4-22-9-11(15)8-21/h1-4,7,9-10H,5-6H2. The molecule has 128 valence electrons. The van der Waals surface area contributed by atoms with Gasteiger partial charge in [0.15, 0.2) is 17.4 Å². The molecule has 0 radical (unpaired) electrons. The van der Waals surface area contributed by atoms with Gasteiger partial charge in [-0.1, -0.05) is 11.6 Å². The SMILES string of the molecule is N#Cc1cnccc1N1CCOc2cnc(-c3cc(Cl)ccc3F)nc21. The molecule has 2 aromatic heterocycles. The summed E-state index contributed by atoms with van der Waals surface area (Å²) < 4.78 is 19.8. The molecule has 0 N–H and O–H groups in total. The Balaban J connectivity index is 1.86. The second-order valence-corrected chi connectivity index (χ2v) is 5.95. The quantitative estimate of drug-likeness (QED) is 0.687. The fourth-order valence-electron chi connectivity index (χ4n) is 2.75. The summed E-state index contributed by atoms with van der Waals surface area (Å²) in [6.45, 7) is 0.897. The van der Waals surface area contributed by atoms with E-state index in [0.29, 0.717) is 41.0 Å². The lowest BCUT2D eigenvalue weighted by Gasteiger charge is -2.30. The summed E-state index contributed by atoms with van der Waals surface area (Å²) in [5.41, 5.74) is 1.26. The molecule has 0 amide bonds. The number of fused-ring (bicyclic) bond motifs is 1. The zero-order valence-electron chi connectivity index (χ0n) is 13.4. The number of nitrogens with zero attached hydrogens (tertiary/aromatic N) is 5. The first-order valence-corrected chi connectivity index (χ1v) is 8.12. The highest BCUT2D eigenvalue weighted by Gasteiger charge is 2.25. The number of hydrogen-bond donors (Lipinski definition) is 0. The van der Waals surface area contributed by atoms with Crippen LogP contribution >= 0.6 is 11.6 Å². The van der Waals surface area contributed by atoms with Crippen LogP contribution in [-0.2, 0) is 0 Å². The van der Waals surface area contributed by atoms with E-state index in [2.05, 4.69) is 21.0 Å². The number of anilines is 2. The Morgan fingerprint density at radius 1 is 1.27 bits per heavy atom. The van der Waals surface area contributed by atoms with Crippen molar-refractivity contribution in [2.24, 2.45) is 0 Å². The fourth-order valence-corrected chi connectivity index (χ4v) is 2.92. The van der Waals surface area contributed by atoms with E-state index in [1.807, 2.05) is 4.90 Å². The van der Waals surface area contributed by atoms with Crippen molar-refractivity contribution in [2.45, 2.75) is 0 Å². The maximum atomic E-state index is 14.2. The Kier molecular flexibility index (Phi) is 4.11. The Hall–Kier alpha value is -3.24. The van der Waals surface area contributed by atoms with Crippen molar-refractivity contribution in [3.8, 4) is 23.2 Å². The minimum atomic E-state index is -0.473. The molecule has 3 heterocycles. The molecule has 6 nitrogen and oxygen atoms in total. The first kappa shape index (κ1) is 16.2. The largest absolute Gasteiger partial charge is 0.486 e. The maximum Gasteiger partial charge on any atom is 0.180 e. The molecule has 0 saturated heterocycles. The van der Waals surface area contributed by atoms with Crippen LogP contribution in [0.25, 0.3) is 11.4 Å². The summed E-state index contributed by atoms with van der Waals surface area (Å²) in [4.78, 5) is 14.5. The maximum absolute atomic E-state index is 14.2. The third kappa shape index (κ3) is 2.80. The van der Waals surface area contributed by atoms with Gasteiger partial charge in [-0.15, -0.1) is 0 Å². The highest BCUT2D eigenvalue weighted by molar-refractivity contribution is 6.30. The molecular weight excluding hydrogens is 357 g/mol. The molecule has 0 aliphatic carbocycles. The summed E-state index contributed by atoms with van der Waals surface area (Å²) in [7, 11) is 0. The summed E-state index contributed by atoms with van der Waals surface area (Å²) in [5.74, 6) is 0.637. The normalized spacial score (nSPS) is 12.9. The third-order valence-corrected chi connectivity index (χ3v) is 4.18. The Morgan fingerprint density at radius 2 is 2.15 bits per heavy atom. The van der Waals surface area contributed by atoms with E-state index >= 15 is 0 Å². The van der Waals surface area contributed by atoms with Crippen LogP contribution in [0.3, 0.4) is 0 Å². The van der Waals surface area contributed by atoms with Crippen molar-refractivity contribution in [1.29, 1.82) is 5.26 Å². The smallest absolute Gasteiger partial charge is 0.180 e. The summed E-state index contributed by atoms with van der Waals surface area (Å²) >= 11 is 5.97. The number of pyridine rings is 1. The molecule has 0 atom stereocenters. The van der Waals surface area contributed by atoms with E-state index in [4.69, 9.17) is 16.3 Å². The summed E-state index contributed by atoms with van der Waals surface area (Å²) in [6, 6.07) is 8.06. The lowest BCUT2D eigenvalue weighted by Crippen LogP contribution is -2.30. The van der Waals surface area contributed by atoms with Crippen molar-refractivity contribution in [2.75, 3.05) is 18.1 Å². The third-order valence-electron chi connectivity index (χ3n) is 3.94. The Bertz CT molecular complexity index is 1040. The zero-order valence-corrected chi connectivity index (χ0v) is 14.1. The van der Waals surface area contributed by atoms with Crippen molar-refractivity contribution < 1.29 is 9.13 Å². The second-order valence-electron chi connectivity index (χ2n) is 5.51. The molecule has 1 aliphatic heterocycles. The van der Waals surface area contributed by atoms with E-state index in [1.54, 1.807) is 12.3 Å². The van der Waals surface area contributed by atoms with E-state index in [0.717, 1.165) is 0 Å². The summed E-state index contributed by atoms with van der Waals surface area (Å²) in [5, 5.41) is 9.74. The minimum Gasteiger partial charge on any atom is -0.486 e. The average molecular weight is 368 g/mol. The highest BCUT2D eigenvalue weighted by atomic mass is 35.5. The van der Waals surface area contributed by atoms with Gasteiger partial charge in [-0.05, 0) is 24.3 Å². The molecule has 1 aromatic carbocycles. The van der Waals surface area contributed by atoms with Crippen LogP contribution in [0.1, 0.15) is 5.56 Å². The number of ether oxygens (including phenoxy) is 1. The fraction of sp³-hybridized carbons (Fsp3) is 0.111. The van der Waals surface area contributed by atoms with Crippen LogP contribution in [-0.4, -0.2) is 28.1 Å². The average Bonchev–Trinajstić information content (AvgIpc) is 2.69. The van der Waals surface area contributed by atoms with Crippen LogP contribution < -0.4 is 9.64 Å². The molecule has 0 fully saturated rings. The van der Waals surface area contributed by atoms with Crippen LogP contribution in [0, 0.1) is 17.1 Å². The number of hydrogen-bond acceptors (Lipinski definition) is 6. The minimum absolute atomic E-state index is 0.187. The van der Waals surface area contributed by atoms with Crippen LogP contribution in [0.15, 0.2) is 42.9 Å². The first-order valence-electron chi connectivity index (χ1n) is 7.74. The lowest BCUT2D eigenvalue weighted by molar-refractivity contribution is 0.310. The molecule has 4 rings (SSSR count). The number of rotatable bonds is 2. The van der Waals surface area contributed by atoms with Gasteiger partial charge in [-0.25, -0.2) is 14.4 Å². The second kappa shape index (κ2) is 6.58. The predicted molar refractivity (Wildman–Crippen MR) is 93.9 cm³/mol. The topological polar surface area (TPSA) is 74.9 Å². The molecular formula is C18H11ClFN5O. The van der Waals surface area contributed by atoms with E-state index in [9.17, 15) is 9.65 Å². The molecule has 0 spiro atoms. The number of halogens is 2. The van der Waals surface area contributed by atoms with Crippen molar-refractivity contribution in [1.82, 2.24) is 15.0 Å². The first-order chi connectivity index (χ1) is 12.7. The van der Waals surface area contributed by atoms with Gasteiger partial charge in [-0.3, -0.25) is 4.98 Å². The van der Waals surface area contributed by atoms with E-state index in [-0.39, 0.29) is 11.4 Å². The van der Waals surface area contributed by atoms with Crippen LogP contribution in [0.4, 0.5) is 15.9 Å². The predicted octanol–water partition coefficient (Wildman–Crippen LogP) is 3.73. The van der Waals surface area contributed by atoms with E-state index < -0.39 is 5.82 Å². The van der Waals surface area contributed by atoms with Crippen molar-refractivity contribution in [3.63, 3.8) is 0 Å². The van der Waals surface area contributed by atoms with Gasteiger partial charge in [0.05, 0.1) is 29.6 Å². The highest BCUT2D eigenvalue weighted by Crippen LogP contribution is 2.37. The molecule has 0 unspecified atom stereocenters. The Morgan fingerprint density at radius 3 is 3.00 bits per heavy atom. The lowest BCUT2D eigenvalue weighted by atomic mass is 10.2. The molecule has 0 bridgehead atoms. The molecule has 3 aromatic rings. The molecule has 8 heteroatoms. The number of benzene rings is 1. The molecule has 1 aliphatic rings.